The summed E-state index contributed by atoms with van der Waals surface area (Å²) >= 11 is 0. The van der Waals surface area contributed by atoms with Gasteiger partial charge in [-0.15, -0.1) is 0 Å². The van der Waals surface area contributed by atoms with Gasteiger partial charge in [-0.25, -0.2) is 0 Å². The number of ether oxygens (including phenoxy) is 1. The molecule has 1 aromatic rings. The lowest BCUT2D eigenvalue weighted by Gasteiger charge is -2.36. The van der Waals surface area contributed by atoms with E-state index in [0.29, 0.717) is 44.8 Å². The maximum atomic E-state index is 13.4. The molecule has 2 fully saturated rings. The van der Waals surface area contributed by atoms with E-state index in [-0.39, 0.29) is 30.9 Å². The van der Waals surface area contributed by atoms with E-state index in [9.17, 15) is 22.8 Å². The highest BCUT2D eigenvalue weighted by Crippen LogP contribution is 2.40. The van der Waals surface area contributed by atoms with Crippen molar-refractivity contribution in [2.45, 2.75) is 25.9 Å². The zero-order valence-electron chi connectivity index (χ0n) is 17.9. The Morgan fingerprint density at radius 3 is 2.50 bits per heavy atom. The maximum absolute atomic E-state index is 13.4. The summed E-state index contributed by atoms with van der Waals surface area (Å²) < 4.78 is 45.3. The third kappa shape index (κ3) is 5.15. The van der Waals surface area contributed by atoms with Gasteiger partial charge in [0, 0.05) is 38.5 Å². The molecule has 7 nitrogen and oxygen atoms in total. The van der Waals surface area contributed by atoms with E-state index in [1.165, 1.54) is 6.07 Å². The summed E-state index contributed by atoms with van der Waals surface area (Å²) in [6, 6.07) is 5.18. The van der Waals surface area contributed by atoms with Crippen LogP contribution in [0.15, 0.2) is 18.2 Å². The van der Waals surface area contributed by atoms with Crippen LogP contribution in [0.5, 0.6) is 0 Å². The molecule has 32 heavy (non-hydrogen) atoms. The number of amides is 2. The minimum absolute atomic E-state index is 0.0442. The first kappa shape index (κ1) is 23.9. The summed E-state index contributed by atoms with van der Waals surface area (Å²) in [5, 5.41) is 9.01. The van der Waals surface area contributed by atoms with Gasteiger partial charge in [0.15, 0.2) is 0 Å². The molecule has 0 spiro atoms. The summed E-state index contributed by atoms with van der Waals surface area (Å²) in [5.41, 5.74) is 4.53. The van der Waals surface area contributed by atoms with Crippen molar-refractivity contribution >= 4 is 17.5 Å². The van der Waals surface area contributed by atoms with Crippen LogP contribution in [-0.4, -0.2) is 56.1 Å². The van der Waals surface area contributed by atoms with Crippen LogP contribution >= 0.6 is 0 Å². The Morgan fingerprint density at radius 2 is 1.94 bits per heavy atom. The topological polar surface area (TPSA) is 99.7 Å². The molecule has 1 aromatic carbocycles. The van der Waals surface area contributed by atoms with Gasteiger partial charge >= 0.3 is 6.18 Å². The minimum atomic E-state index is -4.65. The Kier molecular flexibility index (Phi) is 7.29. The normalized spacial score (nSPS) is 22.1. The standard InChI is InChI=1S/C22H27F3N4O3/c1-2-32-13-20(30)28-7-5-14(6-8-28)17-11-29(12-18(17)21(27)31)16-4-3-15(10-26)19(9-16)22(23,24)25/h3-4,9,14,17-18H,2,5-8,11-13H2,1H3,(H2,27,31)/t17-,18+/m0/s1. The third-order valence-electron chi connectivity index (χ3n) is 6.45. The number of nitrogens with two attached hydrogens (primary N) is 1. The number of nitriles is 1. The monoisotopic (exact) mass is 452 g/mol. The second kappa shape index (κ2) is 9.77. The zero-order chi connectivity index (χ0) is 23.5. The van der Waals surface area contributed by atoms with Crippen molar-refractivity contribution in [3.63, 3.8) is 0 Å². The Labute approximate surface area is 184 Å². The van der Waals surface area contributed by atoms with Crippen molar-refractivity contribution < 1.29 is 27.5 Å². The lowest BCUT2D eigenvalue weighted by molar-refractivity contribution is -0.138. The number of carbonyl (C=O) groups is 2. The summed E-state index contributed by atoms with van der Waals surface area (Å²) in [6.45, 7) is 4.05. The first-order valence-corrected chi connectivity index (χ1v) is 10.7. The fraction of sp³-hybridized carbons (Fsp3) is 0.591. The average molecular weight is 452 g/mol. The molecule has 2 aliphatic rings. The number of piperidine rings is 1. The highest BCUT2D eigenvalue weighted by Gasteiger charge is 2.43. The first-order chi connectivity index (χ1) is 15.2. The Hall–Kier alpha value is -2.80. The molecule has 0 radical (unpaired) electrons. The molecule has 3 rings (SSSR count). The van der Waals surface area contributed by atoms with Crippen molar-refractivity contribution in [1.82, 2.24) is 4.90 Å². The largest absolute Gasteiger partial charge is 0.417 e. The van der Waals surface area contributed by atoms with Crippen LogP contribution in [0, 0.1) is 29.1 Å². The van der Waals surface area contributed by atoms with E-state index < -0.39 is 29.1 Å². The number of primary amides is 1. The van der Waals surface area contributed by atoms with E-state index in [4.69, 9.17) is 15.7 Å². The fourth-order valence-electron chi connectivity index (χ4n) is 4.74. The number of hydrogen-bond acceptors (Lipinski definition) is 5. The number of rotatable bonds is 6. The lowest BCUT2D eigenvalue weighted by atomic mass is 9.78. The minimum Gasteiger partial charge on any atom is -0.372 e. The van der Waals surface area contributed by atoms with Crippen LogP contribution in [0.3, 0.4) is 0 Å². The second-order valence-corrected chi connectivity index (χ2v) is 8.27. The van der Waals surface area contributed by atoms with Gasteiger partial charge in [0.2, 0.25) is 11.8 Å². The van der Waals surface area contributed by atoms with Crippen LogP contribution < -0.4 is 10.6 Å². The highest BCUT2D eigenvalue weighted by atomic mass is 19.4. The number of nitrogens with zero attached hydrogens (tertiary/aromatic N) is 3. The molecule has 2 aliphatic heterocycles. The summed E-state index contributed by atoms with van der Waals surface area (Å²) in [6.07, 6.45) is -3.26. The van der Waals surface area contributed by atoms with Gasteiger partial charge in [0.05, 0.1) is 23.1 Å². The summed E-state index contributed by atoms with van der Waals surface area (Å²) in [5.74, 6) is -1.01. The van der Waals surface area contributed by atoms with Crippen LogP contribution in [0.25, 0.3) is 0 Å². The SMILES string of the molecule is CCOCC(=O)N1CCC([C@@H]2CN(c3ccc(C#N)c(C(F)(F)F)c3)C[C@H]2C(N)=O)CC1. The first-order valence-electron chi connectivity index (χ1n) is 10.7. The van der Waals surface area contributed by atoms with Crippen molar-refractivity contribution in [3.05, 3.63) is 29.3 Å². The van der Waals surface area contributed by atoms with Gasteiger partial charge < -0.3 is 20.3 Å². The number of anilines is 1. The number of likely N-dealkylation sites (tertiary alicyclic amines) is 1. The second-order valence-electron chi connectivity index (χ2n) is 8.27. The third-order valence-corrected chi connectivity index (χ3v) is 6.45. The van der Waals surface area contributed by atoms with Crippen LogP contribution in [0.4, 0.5) is 18.9 Å². The van der Waals surface area contributed by atoms with Crippen molar-refractivity contribution in [2.24, 2.45) is 23.5 Å². The zero-order valence-corrected chi connectivity index (χ0v) is 17.9. The molecule has 0 unspecified atom stereocenters. The molecule has 0 saturated carbocycles. The molecule has 2 N–H and O–H groups in total. The number of benzene rings is 1. The molecule has 2 atom stereocenters. The molecule has 10 heteroatoms. The molecule has 2 amide bonds. The van der Waals surface area contributed by atoms with Crippen molar-refractivity contribution in [3.8, 4) is 6.07 Å². The summed E-state index contributed by atoms with van der Waals surface area (Å²) in [4.78, 5) is 27.8. The van der Waals surface area contributed by atoms with Gasteiger partial charge in [-0.1, -0.05) is 0 Å². The molecule has 0 bridgehead atoms. The predicted molar refractivity (Wildman–Crippen MR) is 110 cm³/mol. The van der Waals surface area contributed by atoms with E-state index >= 15 is 0 Å². The number of hydrogen-bond donors (Lipinski definition) is 1. The van der Waals surface area contributed by atoms with Crippen molar-refractivity contribution in [1.29, 1.82) is 5.26 Å². The van der Waals surface area contributed by atoms with Crippen LogP contribution in [0.1, 0.15) is 30.9 Å². The summed E-state index contributed by atoms with van der Waals surface area (Å²) in [7, 11) is 0. The number of carbonyl (C=O) groups excluding carboxylic acids is 2. The van der Waals surface area contributed by atoms with Gasteiger partial charge in [-0.2, -0.15) is 18.4 Å². The molecule has 2 heterocycles. The quantitative estimate of drug-likeness (QED) is 0.715. The van der Waals surface area contributed by atoms with Crippen LogP contribution in [-0.2, 0) is 20.5 Å². The highest BCUT2D eigenvalue weighted by molar-refractivity contribution is 5.79. The maximum Gasteiger partial charge on any atom is 0.417 e. The van der Waals surface area contributed by atoms with E-state index in [1.54, 1.807) is 15.9 Å². The van der Waals surface area contributed by atoms with Gasteiger partial charge in [-0.05, 0) is 49.8 Å². The van der Waals surface area contributed by atoms with Gasteiger partial charge in [0.25, 0.3) is 0 Å². The van der Waals surface area contributed by atoms with E-state index in [1.807, 2.05) is 6.92 Å². The van der Waals surface area contributed by atoms with E-state index in [2.05, 4.69) is 0 Å². The number of alkyl halides is 3. The molecule has 0 aromatic heterocycles. The molecule has 174 valence electrons. The molecular formula is C22H27F3N4O3. The molecular weight excluding hydrogens is 425 g/mol. The molecule has 2 saturated heterocycles. The Bertz CT molecular complexity index is 891. The number of halogens is 3. The molecule has 0 aliphatic carbocycles. The predicted octanol–water partition coefficient (Wildman–Crippen LogP) is 2.39. The smallest absolute Gasteiger partial charge is 0.372 e. The van der Waals surface area contributed by atoms with Crippen molar-refractivity contribution in [2.75, 3.05) is 44.3 Å². The fourth-order valence-corrected chi connectivity index (χ4v) is 4.74. The van der Waals surface area contributed by atoms with E-state index in [0.717, 1.165) is 12.1 Å². The lowest BCUT2D eigenvalue weighted by Crippen LogP contribution is -2.43. The Morgan fingerprint density at radius 1 is 1.25 bits per heavy atom. The van der Waals surface area contributed by atoms with Crippen LogP contribution in [0.2, 0.25) is 0 Å². The van der Waals surface area contributed by atoms with Gasteiger partial charge in [0.1, 0.15) is 6.61 Å². The average Bonchev–Trinajstić information content (AvgIpc) is 3.22. The Balaban J connectivity index is 1.73. The van der Waals surface area contributed by atoms with Gasteiger partial charge in [-0.3, -0.25) is 9.59 Å².